The molecule has 1 aliphatic heterocycles. The summed E-state index contributed by atoms with van der Waals surface area (Å²) in [6.07, 6.45) is 2.29. The van der Waals surface area contributed by atoms with Gasteiger partial charge in [-0.15, -0.1) is 12.4 Å². The van der Waals surface area contributed by atoms with Crippen molar-refractivity contribution in [2.45, 2.75) is 25.2 Å². The molecule has 104 valence electrons. The molecule has 1 aromatic rings. The number of carboxylic acid groups (broad SMARTS) is 1. The Labute approximate surface area is 118 Å². The van der Waals surface area contributed by atoms with E-state index >= 15 is 0 Å². The molecule has 2 N–H and O–H groups in total. The van der Waals surface area contributed by atoms with Crippen LogP contribution in [-0.2, 0) is 16.1 Å². The van der Waals surface area contributed by atoms with Gasteiger partial charge >= 0.3 is 5.97 Å². The van der Waals surface area contributed by atoms with E-state index in [1.807, 2.05) is 24.3 Å². The van der Waals surface area contributed by atoms with Crippen molar-refractivity contribution in [1.82, 2.24) is 5.32 Å². The van der Waals surface area contributed by atoms with Crippen LogP contribution in [0.1, 0.15) is 17.5 Å². The van der Waals surface area contributed by atoms with E-state index in [1.165, 1.54) is 0 Å². The number of halogens is 1. The molecule has 1 fully saturated rings. The number of benzene rings is 1. The number of hydrogen-bond donors (Lipinski definition) is 2. The van der Waals surface area contributed by atoms with E-state index in [0.717, 1.165) is 11.1 Å². The van der Waals surface area contributed by atoms with E-state index in [0.29, 0.717) is 19.6 Å². The summed E-state index contributed by atoms with van der Waals surface area (Å²) < 4.78 is 5.71. The highest BCUT2D eigenvalue weighted by molar-refractivity contribution is 5.85. The molecule has 4 nitrogen and oxygen atoms in total. The maximum absolute atomic E-state index is 10.8. The van der Waals surface area contributed by atoms with Crippen LogP contribution in [0, 0.1) is 0 Å². The van der Waals surface area contributed by atoms with Gasteiger partial charge in [0.05, 0.1) is 12.7 Å². The molecule has 0 spiro atoms. The van der Waals surface area contributed by atoms with Crippen LogP contribution in [0.2, 0.25) is 0 Å². The van der Waals surface area contributed by atoms with Crippen molar-refractivity contribution >= 4 is 24.5 Å². The van der Waals surface area contributed by atoms with Gasteiger partial charge in [-0.2, -0.15) is 0 Å². The topological polar surface area (TPSA) is 58.6 Å². The molecule has 0 bridgehead atoms. The summed E-state index contributed by atoms with van der Waals surface area (Å²) >= 11 is 0. The Balaban J connectivity index is 0.00000180. The van der Waals surface area contributed by atoms with Crippen LogP contribution in [0.4, 0.5) is 0 Å². The first-order valence-electron chi connectivity index (χ1n) is 5.98. The second-order valence-corrected chi connectivity index (χ2v) is 4.42. The average Bonchev–Trinajstić information content (AvgIpc) is 2.85. The van der Waals surface area contributed by atoms with Crippen LogP contribution in [0.5, 0.6) is 0 Å². The third kappa shape index (κ3) is 4.35. The molecule has 0 saturated carbocycles. The highest BCUT2D eigenvalue weighted by atomic mass is 35.5. The molecule has 0 aliphatic carbocycles. The lowest BCUT2D eigenvalue weighted by molar-refractivity contribution is -0.139. The summed E-state index contributed by atoms with van der Waals surface area (Å²) in [6, 6.07) is 7.47. The van der Waals surface area contributed by atoms with Crippen molar-refractivity contribution in [2.75, 3.05) is 6.54 Å². The Bertz CT molecular complexity index is 450. The SMILES string of the molecule is C=Cc1cccc(CO[C@H]2CN[C@H](C(=O)O)C2)c1.Cl. The molecule has 1 heterocycles. The van der Waals surface area contributed by atoms with E-state index in [2.05, 4.69) is 11.9 Å². The molecule has 1 aliphatic rings. The molecular formula is C14H18ClNO3. The van der Waals surface area contributed by atoms with Gasteiger partial charge in [-0.25, -0.2) is 0 Å². The second kappa shape index (κ2) is 7.28. The fourth-order valence-corrected chi connectivity index (χ4v) is 2.04. The van der Waals surface area contributed by atoms with Gasteiger partial charge in [0.1, 0.15) is 6.04 Å². The largest absolute Gasteiger partial charge is 0.480 e. The molecule has 0 radical (unpaired) electrons. The summed E-state index contributed by atoms with van der Waals surface area (Å²) in [4.78, 5) is 10.8. The number of rotatable bonds is 5. The first-order chi connectivity index (χ1) is 8.69. The highest BCUT2D eigenvalue weighted by Crippen LogP contribution is 2.14. The van der Waals surface area contributed by atoms with Gasteiger partial charge in [0.15, 0.2) is 0 Å². The van der Waals surface area contributed by atoms with Gasteiger partial charge in [-0.05, 0) is 17.2 Å². The molecule has 2 atom stereocenters. The Morgan fingerprint density at radius 2 is 2.37 bits per heavy atom. The Morgan fingerprint density at radius 1 is 1.58 bits per heavy atom. The number of carboxylic acids is 1. The van der Waals surface area contributed by atoms with E-state index in [4.69, 9.17) is 9.84 Å². The average molecular weight is 284 g/mol. The number of aliphatic carboxylic acids is 1. The van der Waals surface area contributed by atoms with Crippen molar-refractivity contribution in [3.63, 3.8) is 0 Å². The van der Waals surface area contributed by atoms with Gasteiger partial charge in [-0.1, -0.05) is 30.9 Å². The lowest BCUT2D eigenvalue weighted by atomic mass is 10.1. The normalized spacial score (nSPS) is 21.7. The number of ether oxygens (including phenoxy) is 1. The minimum absolute atomic E-state index is 0. The van der Waals surface area contributed by atoms with Crippen LogP contribution < -0.4 is 5.32 Å². The van der Waals surface area contributed by atoms with Crippen molar-refractivity contribution in [3.05, 3.63) is 42.0 Å². The molecule has 0 aromatic heterocycles. The molecule has 0 amide bonds. The van der Waals surface area contributed by atoms with E-state index in [-0.39, 0.29) is 18.5 Å². The monoisotopic (exact) mass is 283 g/mol. The Hall–Kier alpha value is -1.36. The highest BCUT2D eigenvalue weighted by Gasteiger charge is 2.29. The van der Waals surface area contributed by atoms with E-state index < -0.39 is 12.0 Å². The molecule has 19 heavy (non-hydrogen) atoms. The fraction of sp³-hybridized carbons (Fsp3) is 0.357. The van der Waals surface area contributed by atoms with Crippen LogP contribution >= 0.6 is 12.4 Å². The summed E-state index contributed by atoms with van der Waals surface area (Å²) in [5.74, 6) is -0.810. The molecule has 0 unspecified atom stereocenters. The Kier molecular flexibility index (Phi) is 6.02. The van der Waals surface area contributed by atoms with Crippen molar-refractivity contribution in [2.24, 2.45) is 0 Å². The minimum Gasteiger partial charge on any atom is -0.480 e. The van der Waals surface area contributed by atoms with Crippen LogP contribution in [0.25, 0.3) is 6.08 Å². The lowest BCUT2D eigenvalue weighted by Crippen LogP contribution is -2.29. The predicted molar refractivity (Wildman–Crippen MR) is 76.4 cm³/mol. The Morgan fingerprint density at radius 3 is 3.00 bits per heavy atom. The third-order valence-corrected chi connectivity index (χ3v) is 3.06. The zero-order valence-electron chi connectivity index (χ0n) is 10.5. The maximum Gasteiger partial charge on any atom is 0.320 e. The van der Waals surface area contributed by atoms with E-state index in [9.17, 15) is 4.79 Å². The number of carbonyl (C=O) groups is 1. The second-order valence-electron chi connectivity index (χ2n) is 4.42. The quantitative estimate of drug-likeness (QED) is 0.869. The first kappa shape index (κ1) is 15.7. The van der Waals surface area contributed by atoms with Gasteiger partial charge in [0, 0.05) is 13.0 Å². The van der Waals surface area contributed by atoms with Crippen LogP contribution in [-0.4, -0.2) is 29.8 Å². The van der Waals surface area contributed by atoms with Crippen molar-refractivity contribution in [1.29, 1.82) is 0 Å². The fourth-order valence-electron chi connectivity index (χ4n) is 2.04. The molecule has 2 rings (SSSR count). The predicted octanol–water partition coefficient (Wildman–Crippen LogP) is 2.08. The van der Waals surface area contributed by atoms with E-state index in [1.54, 1.807) is 6.08 Å². The third-order valence-electron chi connectivity index (χ3n) is 3.06. The standard InChI is InChI=1S/C14H17NO3.ClH/c1-2-10-4-3-5-11(6-10)9-18-12-7-13(14(16)17)15-8-12;/h2-6,12-13,15H,1,7-9H2,(H,16,17);1H/t12-,13+;/m1./s1. The zero-order valence-corrected chi connectivity index (χ0v) is 11.4. The maximum atomic E-state index is 10.8. The molecule has 5 heteroatoms. The molecule has 1 saturated heterocycles. The van der Waals surface area contributed by atoms with Crippen LogP contribution in [0.3, 0.4) is 0 Å². The van der Waals surface area contributed by atoms with Crippen molar-refractivity contribution < 1.29 is 14.6 Å². The lowest BCUT2D eigenvalue weighted by Gasteiger charge is -2.11. The van der Waals surface area contributed by atoms with Gasteiger partial charge in [0.2, 0.25) is 0 Å². The first-order valence-corrected chi connectivity index (χ1v) is 5.98. The van der Waals surface area contributed by atoms with Crippen molar-refractivity contribution in [3.8, 4) is 0 Å². The van der Waals surface area contributed by atoms with Gasteiger partial charge < -0.3 is 15.2 Å². The van der Waals surface area contributed by atoms with Gasteiger partial charge in [-0.3, -0.25) is 4.79 Å². The summed E-state index contributed by atoms with van der Waals surface area (Å²) in [7, 11) is 0. The summed E-state index contributed by atoms with van der Waals surface area (Å²) in [5, 5.41) is 11.8. The molecular weight excluding hydrogens is 266 g/mol. The number of hydrogen-bond acceptors (Lipinski definition) is 3. The summed E-state index contributed by atoms with van der Waals surface area (Å²) in [6.45, 7) is 4.82. The van der Waals surface area contributed by atoms with Gasteiger partial charge in [0.25, 0.3) is 0 Å². The minimum atomic E-state index is -0.810. The summed E-state index contributed by atoms with van der Waals surface area (Å²) in [5.41, 5.74) is 2.13. The number of nitrogens with one attached hydrogen (secondary N) is 1. The molecule has 1 aromatic carbocycles. The van der Waals surface area contributed by atoms with Crippen LogP contribution in [0.15, 0.2) is 30.8 Å². The zero-order chi connectivity index (χ0) is 13.0. The smallest absolute Gasteiger partial charge is 0.320 e.